The SMILES string of the molecule is C[C@@H]1[C@@H]([Si](C)(C)F)[C@H](CCn2cc(C(CO)c3ccccc3)nn2)O[C@@]12C(=O)Nc1ccc(N3CCC3=O)cc12. The lowest BCUT2D eigenvalue weighted by molar-refractivity contribution is -0.143. The molecular formula is C29H34FN5O4Si. The molecule has 9 nitrogen and oxygen atoms in total. The van der Waals surface area contributed by atoms with Crippen molar-refractivity contribution in [2.45, 2.75) is 62.6 Å². The normalized spacial score (nSPS) is 26.6. The van der Waals surface area contributed by atoms with Gasteiger partial charge in [-0.15, -0.1) is 5.10 Å². The number of hydrogen-bond donors (Lipinski definition) is 2. The van der Waals surface area contributed by atoms with Crippen LogP contribution in [0.3, 0.4) is 0 Å². The highest BCUT2D eigenvalue weighted by Crippen LogP contribution is 2.59. The van der Waals surface area contributed by atoms with Gasteiger partial charge in [-0.2, -0.15) is 0 Å². The van der Waals surface area contributed by atoms with Gasteiger partial charge in [0.25, 0.3) is 5.91 Å². The number of β-lactam (4-membered cyclic amide) rings is 1. The van der Waals surface area contributed by atoms with Crippen LogP contribution in [0.5, 0.6) is 0 Å². The minimum atomic E-state index is -3.29. The van der Waals surface area contributed by atoms with Gasteiger partial charge in [0.05, 0.1) is 24.3 Å². The van der Waals surface area contributed by atoms with E-state index in [-0.39, 0.29) is 24.3 Å². The fourth-order valence-electron chi connectivity index (χ4n) is 6.78. The van der Waals surface area contributed by atoms with Gasteiger partial charge in [-0.1, -0.05) is 42.5 Å². The van der Waals surface area contributed by atoms with E-state index in [1.165, 1.54) is 0 Å². The molecule has 1 aromatic heterocycles. The van der Waals surface area contributed by atoms with Crippen LogP contribution < -0.4 is 10.2 Å². The summed E-state index contributed by atoms with van der Waals surface area (Å²) in [4.78, 5) is 27.4. The summed E-state index contributed by atoms with van der Waals surface area (Å²) in [5.74, 6) is -0.944. The number of rotatable bonds is 8. The van der Waals surface area contributed by atoms with Gasteiger partial charge in [-0.25, -0.2) is 0 Å². The number of aliphatic hydroxyl groups is 1. The summed E-state index contributed by atoms with van der Waals surface area (Å²) in [7, 11) is -3.29. The second-order valence-electron chi connectivity index (χ2n) is 11.6. The summed E-state index contributed by atoms with van der Waals surface area (Å²) in [6, 6.07) is 15.1. The molecule has 11 heteroatoms. The number of aliphatic hydroxyl groups excluding tert-OH is 1. The molecule has 1 unspecified atom stereocenters. The number of aromatic nitrogens is 3. The van der Waals surface area contributed by atoms with E-state index in [2.05, 4.69) is 15.6 Å². The quantitative estimate of drug-likeness (QED) is 0.244. The molecule has 5 atom stereocenters. The van der Waals surface area contributed by atoms with E-state index in [4.69, 9.17) is 4.74 Å². The molecule has 0 bridgehead atoms. The molecule has 0 saturated carbocycles. The van der Waals surface area contributed by atoms with Crippen molar-refractivity contribution in [1.29, 1.82) is 0 Å². The van der Waals surface area contributed by atoms with E-state index in [0.29, 0.717) is 42.9 Å². The lowest BCUT2D eigenvalue weighted by atomic mass is 9.82. The molecule has 210 valence electrons. The number of hydrogen-bond acceptors (Lipinski definition) is 6. The Balaban J connectivity index is 1.27. The fourth-order valence-corrected chi connectivity index (χ4v) is 9.32. The Bertz CT molecular complexity index is 1440. The number of ether oxygens (including phenoxy) is 1. The predicted molar refractivity (Wildman–Crippen MR) is 150 cm³/mol. The van der Waals surface area contributed by atoms with Crippen LogP contribution in [0.2, 0.25) is 18.6 Å². The Kier molecular flexibility index (Phi) is 6.63. The Morgan fingerprint density at radius 1 is 1.23 bits per heavy atom. The van der Waals surface area contributed by atoms with Gasteiger partial charge in [-0.3, -0.25) is 14.3 Å². The zero-order chi connectivity index (χ0) is 28.2. The van der Waals surface area contributed by atoms with Crippen molar-refractivity contribution in [2.75, 3.05) is 23.4 Å². The van der Waals surface area contributed by atoms with Gasteiger partial charge >= 0.3 is 0 Å². The second kappa shape index (κ2) is 9.90. The van der Waals surface area contributed by atoms with E-state index < -0.39 is 31.6 Å². The van der Waals surface area contributed by atoms with Crippen LogP contribution in [0.15, 0.2) is 54.7 Å². The van der Waals surface area contributed by atoms with Crippen LogP contribution in [0, 0.1) is 5.92 Å². The van der Waals surface area contributed by atoms with Crippen LogP contribution in [-0.2, 0) is 26.5 Å². The molecule has 2 N–H and O–H groups in total. The van der Waals surface area contributed by atoms with Crippen molar-refractivity contribution in [3.63, 3.8) is 0 Å². The van der Waals surface area contributed by atoms with E-state index >= 15 is 4.11 Å². The number of carbonyl (C=O) groups is 2. The largest absolute Gasteiger partial charge is 0.395 e. The first-order valence-electron chi connectivity index (χ1n) is 13.8. The fraction of sp³-hybridized carbons (Fsp3) is 0.448. The molecule has 2 fully saturated rings. The lowest BCUT2D eigenvalue weighted by Crippen LogP contribution is -2.44. The van der Waals surface area contributed by atoms with Gasteiger partial charge in [0.15, 0.2) is 5.60 Å². The first-order valence-corrected chi connectivity index (χ1v) is 16.8. The third-order valence-corrected chi connectivity index (χ3v) is 11.3. The molecule has 2 aromatic carbocycles. The molecule has 6 rings (SSSR count). The summed E-state index contributed by atoms with van der Waals surface area (Å²) >= 11 is 0. The topological polar surface area (TPSA) is 110 Å². The number of nitrogens with one attached hydrogen (secondary N) is 1. The Morgan fingerprint density at radius 2 is 2.00 bits per heavy atom. The number of aryl methyl sites for hydroxylation is 1. The molecule has 2 amide bonds. The average Bonchev–Trinajstić information content (AvgIpc) is 3.58. The van der Waals surface area contributed by atoms with E-state index in [1.807, 2.05) is 55.6 Å². The number of benzene rings is 2. The number of anilines is 2. The predicted octanol–water partition coefficient (Wildman–Crippen LogP) is 3.96. The highest BCUT2D eigenvalue weighted by atomic mass is 28.4. The first kappa shape index (κ1) is 26.8. The minimum Gasteiger partial charge on any atom is -0.395 e. The summed E-state index contributed by atoms with van der Waals surface area (Å²) in [5, 5.41) is 21.5. The van der Waals surface area contributed by atoms with E-state index in [1.54, 1.807) is 28.7 Å². The van der Waals surface area contributed by atoms with Gasteiger partial charge < -0.3 is 24.2 Å². The minimum absolute atomic E-state index is 0.0441. The molecule has 3 aromatic rings. The average molecular weight is 564 g/mol. The van der Waals surface area contributed by atoms with Crippen LogP contribution in [0.25, 0.3) is 0 Å². The van der Waals surface area contributed by atoms with E-state index in [9.17, 15) is 14.7 Å². The molecule has 40 heavy (non-hydrogen) atoms. The molecule has 0 aliphatic carbocycles. The Hall–Kier alpha value is -3.41. The Labute approximate surface area is 233 Å². The van der Waals surface area contributed by atoms with Crippen molar-refractivity contribution in [3.8, 4) is 0 Å². The van der Waals surface area contributed by atoms with Gasteiger partial charge in [0, 0.05) is 54.1 Å². The first-order chi connectivity index (χ1) is 19.1. The molecule has 3 aliphatic rings. The highest BCUT2D eigenvalue weighted by molar-refractivity contribution is 6.72. The van der Waals surface area contributed by atoms with Crippen LogP contribution in [0.1, 0.15) is 42.5 Å². The van der Waals surface area contributed by atoms with Gasteiger partial charge in [0.2, 0.25) is 14.3 Å². The van der Waals surface area contributed by atoms with Crippen molar-refractivity contribution >= 4 is 31.6 Å². The van der Waals surface area contributed by atoms with Crippen LogP contribution in [-0.4, -0.2) is 59.6 Å². The second-order valence-corrected chi connectivity index (χ2v) is 15.4. The molecular weight excluding hydrogens is 529 g/mol. The zero-order valence-corrected chi connectivity index (χ0v) is 23.9. The third-order valence-electron chi connectivity index (χ3n) is 8.80. The van der Waals surface area contributed by atoms with Crippen molar-refractivity contribution in [2.24, 2.45) is 5.92 Å². The van der Waals surface area contributed by atoms with Crippen molar-refractivity contribution < 1.29 is 23.5 Å². The summed E-state index contributed by atoms with van der Waals surface area (Å²) < 4.78 is 24.3. The number of fused-ring (bicyclic) bond motifs is 2. The molecule has 4 heterocycles. The Morgan fingerprint density at radius 3 is 2.65 bits per heavy atom. The number of carbonyl (C=O) groups excluding carboxylic acids is 2. The summed E-state index contributed by atoms with van der Waals surface area (Å²) in [5.41, 5.74) is 1.88. The van der Waals surface area contributed by atoms with Crippen molar-refractivity contribution in [1.82, 2.24) is 15.0 Å². The zero-order valence-electron chi connectivity index (χ0n) is 22.9. The maximum absolute atomic E-state index is 15.9. The number of halogens is 1. The third kappa shape index (κ3) is 4.27. The maximum atomic E-state index is 15.9. The molecule has 0 radical (unpaired) electrons. The van der Waals surface area contributed by atoms with Gasteiger partial charge in [-0.05, 0) is 43.3 Å². The lowest BCUT2D eigenvalue weighted by Gasteiger charge is -2.33. The van der Waals surface area contributed by atoms with Crippen LogP contribution >= 0.6 is 0 Å². The number of nitrogens with zero attached hydrogens (tertiary/aromatic N) is 4. The summed E-state index contributed by atoms with van der Waals surface area (Å²) in [6.45, 7) is 6.22. The summed E-state index contributed by atoms with van der Waals surface area (Å²) in [6.07, 6.45) is 2.25. The highest BCUT2D eigenvalue weighted by Gasteiger charge is 2.65. The van der Waals surface area contributed by atoms with E-state index in [0.717, 1.165) is 11.3 Å². The molecule has 1 spiro atoms. The smallest absolute Gasteiger partial charge is 0.261 e. The standard InChI is InChI=1S/C29H34FN5O4Si/c1-18-27(40(2,3)30)25(11-13-34-16-24(32-33-34)21(17-36)19-7-5-4-6-8-19)39-29(18)22-15-20(35-14-12-26(35)37)9-10-23(22)31-28(29)38/h4-10,15-16,18,21,25,27,36H,11-14,17H2,1-3H3,(H,31,38)/t18-,21?,25+,27-,29+/m1/s1. The van der Waals surface area contributed by atoms with Gasteiger partial charge in [0.1, 0.15) is 0 Å². The van der Waals surface area contributed by atoms with Crippen LogP contribution in [0.4, 0.5) is 15.5 Å². The number of amides is 2. The maximum Gasteiger partial charge on any atom is 0.261 e. The van der Waals surface area contributed by atoms with Crippen molar-refractivity contribution in [3.05, 3.63) is 71.5 Å². The molecule has 3 aliphatic heterocycles. The monoisotopic (exact) mass is 563 g/mol. The molecule has 2 saturated heterocycles.